The van der Waals surface area contributed by atoms with Gasteiger partial charge in [0.2, 0.25) is 0 Å². The molecule has 3 nitrogen and oxygen atoms in total. The summed E-state index contributed by atoms with van der Waals surface area (Å²) in [4.78, 5) is 12.5. The standard InChI is InChI=1S/C17H15BrN2O/c1-12-15-4-2-3-5-16(15)17(21)20(19-12)11-14-8-6-13(10-18)7-9-14/h2-9H,10-11H2,1H3. The van der Waals surface area contributed by atoms with Gasteiger partial charge in [-0.2, -0.15) is 5.10 Å². The first kappa shape index (κ1) is 14.0. The molecule has 2 aromatic carbocycles. The quantitative estimate of drug-likeness (QED) is 0.681. The molecule has 3 aromatic rings. The van der Waals surface area contributed by atoms with Crippen molar-refractivity contribution in [1.29, 1.82) is 0 Å². The van der Waals surface area contributed by atoms with Crippen LogP contribution in [0.4, 0.5) is 0 Å². The summed E-state index contributed by atoms with van der Waals surface area (Å²) in [6.45, 7) is 2.43. The van der Waals surface area contributed by atoms with Gasteiger partial charge in [-0.25, -0.2) is 4.68 Å². The molecule has 1 heterocycles. The van der Waals surface area contributed by atoms with Gasteiger partial charge in [-0.3, -0.25) is 4.79 Å². The summed E-state index contributed by atoms with van der Waals surface area (Å²) in [6.07, 6.45) is 0. The fourth-order valence-corrected chi connectivity index (χ4v) is 2.79. The van der Waals surface area contributed by atoms with E-state index in [1.165, 1.54) is 5.56 Å². The number of halogens is 1. The molecule has 0 unspecified atom stereocenters. The molecule has 3 rings (SSSR count). The van der Waals surface area contributed by atoms with Gasteiger partial charge in [0, 0.05) is 10.7 Å². The normalized spacial score (nSPS) is 11.0. The van der Waals surface area contributed by atoms with Crippen molar-refractivity contribution in [3.05, 3.63) is 75.7 Å². The second-order valence-corrected chi connectivity index (χ2v) is 5.60. The monoisotopic (exact) mass is 342 g/mol. The van der Waals surface area contributed by atoms with Gasteiger partial charge in [0.25, 0.3) is 5.56 Å². The lowest BCUT2D eigenvalue weighted by Crippen LogP contribution is -2.24. The van der Waals surface area contributed by atoms with Crippen LogP contribution in [0.15, 0.2) is 53.3 Å². The van der Waals surface area contributed by atoms with Crippen LogP contribution >= 0.6 is 15.9 Å². The Hall–Kier alpha value is -1.94. The van der Waals surface area contributed by atoms with Gasteiger partial charge in [-0.1, -0.05) is 58.4 Å². The number of nitrogens with zero attached hydrogens (tertiary/aromatic N) is 2. The number of rotatable bonds is 3. The maximum Gasteiger partial charge on any atom is 0.274 e. The lowest BCUT2D eigenvalue weighted by Gasteiger charge is -2.09. The minimum Gasteiger partial charge on any atom is -0.267 e. The van der Waals surface area contributed by atoms with Crippen molar-refractivity contribution in [1.82, 2.24) is 9.78 Å². The molecule has 0 spiro atoms. The van der Waals surface area contributed by atoms with Crippen molar-refractivity contribution in [3.8, 4) is 0 Å². The molecule has 106 valence electrons. The summed E-state index contributed by atoms with van der Waals surface area (Å²) in [7, 11) is 0. The first-order valence-electron chi connectivity index (χ1n) is 6.79. The Labute approximate surface area is 131 Å². The van der Waals surface area contributed by atoms with Gasteiger partial charge in [0.05, 0.1) is 17.6 Å². The number of aromatic nitrogens is 2. The van der Waals surface area contributed by atoms with Gasteiger partial charge in [0.1, 0.15) is 0 Å². The highest BCUT2D eigenvalue weighted by Gasteiger charge is 2.07. The first-order chi connectivity index (χ1) is 10.2. The Morgan fingerprint density at radius 1 is 1.00 bits per heavy atom. The number of aryl methyl sites for hydroxylation is 1. The van der Waals surface area contributed by atoms with Gasteiger partial charge in [-0.15, -0.1) is 0 Å². The molecule has 0 atom stereocenters. The largest absolute Gasteiger partial charge is 0.274 e. The predicted octanol–water partition coefficient (Wildman–Crippen LogP) is 3.65. The molecular weight excluding hydrogens is 328 g/mol. The Kier molecular flexibility index (Phi) is 3.88. The van der Waals surface area contributed by atoms with Crippen LogP contribution in [0.2, 0.25) is 0 Å². The predicted molar refractivity (Wildman–Crippen MR) is 88.9 cm³/mol. The second-order valence-electron chi connectivity index (χ2n) is 5.04. The lowest BCUT2D eigenvalue weighted by atomic mass is 10.1. The van der Waals surface area contributed by atoms with E-state index >= 15 is 0 Å². The molecule has 0 aliphatic carbocycles. The van der Waals surface area contributed by atoms with E-state index in [-0.39, 0.29) is 5.56 Å². The van der Waals surface area contributed by atoms with E-state index in [1.807, 2.05) is 43.3 Å². The smallest absolute Gasteiger partial charge is 0.267 e. The van der Waals surface area contributed by atoms with Gasteiger partial charge in [0.15, 0.2) is 0 Å². The minimum atomic E-state index is -0.0410. The molecule has 1 aromatic heterocycles. The van der Waals surface area contributed by atoms with Crippen molar-refractivity contribution in [2.24, 2.45) is 0 Å². The van der Waals surface area contributed by atoms with Crippen LogP contribution in [0.25, 0.3) is 10.8 Å². The van der Waals surface area contributed by atoms with E-state index < -0.39 is 0 Å². The lowest BCUT2D eigenvalue weighted by molar-refractivity contribution is 0.637. The average Bonchev–Trinajstić information content (AvgIpc) is 2.53. The average molecular weight is 343 g/mol. The zero-order valence-electron chi connectivity index (χ0n) is 11.7. The highest BCUT2D eigenvalue weighted by atomic mass is 79.9. The van der Waals surface area contributed by atoms with E-state index in [0.29, 0.717) is 6.54 Å². The Morgan fingerprint density at radius 3 is 2.29 bits per heavy atom. The number of hydrogen-bond donors (Lipinski definition) is 0. The molecule has 0 radical (unpaired) electrons. The fourth-order valence-electron chi connectivity index (χ4n) is 2.42. The minimum absolute atomic E-state index is 0.0410. The fraction of sp³-hybridized carbons (Fsp3) is 0.176. The molecule has 0 N–H and O–H groups in total. The third kappa shape index (κ3) is 2.76. The van der Waals surface area contributed by atoms with E-state index in [1.54, 1.807) is 4.68 Å². The molecule has 0 bridgehead atoms. The molecule has 21 heavy (non-hydrogen) atoms. The summed E-state index contributed by atoms with van der Waals surface area (Å²) >= 11 is 3.43. The molecule has 0 saturated heterocycles. The van der Waals surface area contributed by atoms with Crippen molar-refractivity contribution < 1.29 is 0 Å². The highest BCUT2D eigenvalue weighted by Crippen LogP contribution is 2.13. The highest BCUT2D eigenvalue weighted by molar-refractivity contribution is 9.08. The zero-order chi connectivity index (χ0) is 14.8. The van der Waals surface area contributed by atoms with Crippen LogP contribution < -0.4 is 5.56 Å². The van der Waals surface area contributed by atoms with E-state index in [9.17, 15) is 4.79 Å². The van der Waals surface area contributed by atoms with Crippen LogP contribution in [-0.4, -0.2) is 9.78 Å². The number of benzene rings is 2. The second kappa shape index (κ2) is 5.82. The number of alkyl halides is 1. The molecule has 0 fully saturated rings. The summed E-state index contributed by atoms with van der Waals surface area (Å²) < 4.78 is 1.54. The Bertz CT molecular complexity index is 838. The first-order valence-corrected chi connectivity index (χ1v) is 7.91. The third-order valence-corrected chi connectivity index (χ3v) is 4.21. The molecule has 0 amide bonds. The van der Waals surface area contributed by atoms with Gasteiger partial charge in [-0.05, 0) is 24.1 Å². The maximum atomic E-state index is 12.5. The van der Waals surface area contributed by atoms with Crippen LogP contribution in [-0.2, 0) is 11.9 Å². The molecule has 0 aliphatic heterocycles. The molecular formula is C17H15BrN2O. The van der Waals surface area contributed by atoms with Gasteiger partial charge >= 0.3 is 0 Å². The van der Waals surface area contributed by atoms with Crippen molar-refractivity contribution in [3.63, 3.8) is 0 Å². The van der Waals surface area contributed by atoms with Crippen LogP contribution in [0.1, 0.15) is 16.8 Å². The summed E-state index contributed by atoms with van der Waals surface area (Å²) in [5, 5.41) is 6.92. The number of fused-ring (bicyclic) bond motifs is 1. The van der Waals surface area contributed by atoms with E-state index in [4.69, 9.17) is 0 Å². The van der Waals surface area contributed by atoms with Crippen molar-refractivity contribution >= 4 is 26.7 Å². The number of hydrogen-bond acceptors (Lipinski definition) is 2. The third-order valence-electron chi connectivity index (χ3n) is 3.56. The molecule has 0 aliphatic rings. The summed E-state index contributed by atoms with van der Waals surface area (Å²) in [6, 6.07) is 15.8. The SMILES string of the molecule is Cc1nn(Cc2ccc(CBr)cc2)c(=O)c2ccccc12. The van der Waals surface area contributed by atoms with Crippen LogP contribution in [0, 0.1) is 6.92 Å². The molecule has 4 heteroatoms. The van der Waals surface area contributed by atoms with Crippen molar-refractivity contribution in [2.75, 3.05) is 0 Å². The Balaban J connectivity index is 2.04. The molecule has 0 saturated carbocycles. The topological polar surface area (TPSA) is 34.9 Å². The maximum absolute atomic E-state index is 12.5. The summed E-state index contributed by atoms with van der Waals surface area (Å²) in [5.74, 6) is 0. The zero-order valence-corrected chi connectivity index (χ0v) is 13.3. The Morgan fingerprint density at radius 2 is 1.62 bits per heavy atom. The van der Waals surface area contributed by atoms with E-state index in [2.05, 4.69) is 33.2 Å². The summed E-state index contributed by atoms with van der Waals surface area (Å²) in [5.41, 5.74) is 3.13. The van der Waals surface area contributed by atoms with Gasteiger partial charge < -0.3 is 0 Å². The van der Waals surface area contributed by atoms with Crippen LogP contribution in [0.5, 0.6) is 0 Å². The van der Waals surface area contributed by atoms with Crippen LogP contribution in [0.3, 0.4) is 0 Å². The van der Waals surface area contributed by atoms with Crippen molar-refractivity contribution in [2.45, 2.75) is 18.8 Å². The van der Waals surface area contributed by atoms with E-state index in [0.717, 1.165) is 27.4 Å².